The van der Waals surface area contributed by atoms with Gasteiger partial charge >= 0.3 is 0 Å². The molecule has 0 saturated carbocycles. The number of aromatic nitrogens is 5. The number of fused-ring (bicyclic) bond motifs is 3. The summed E-state index contributed by atoms with van der Waals surface area (Å²) in [5, 5.41) is 18.9. The standard InChI is InChI=1S/C18H20N6O2S/c1-2-15-21-16-17(27-15)13-5-4-12(8-14(13)20-18(16)19)26-7-3-6-24-9-11(10-25)22-23-24/h4-5,8-9,25H,2-3,6-7,10H2,1H3,(H2,19,20). The molecular weight excluding hydrogens is 364 g/mol. The van der Waals surface area contributed by atoms with Crippen LogP contribution in [0.5, 0.6) is 5.75 Å². The second-order valence-electron chi connectivity index (χ2n) is 6.15. The number of hydrogen-bond donors (Lipinski definition) is 2. The molecule has 3 N–H and O–H groups in total. The number of aliphatic hydroxyl groups is 1. The van der Waals surface area contributed by atoms with Gasteiger partial charge in [0.1, 0.15) is 17.0 Å². The number of pyridine rings is 1. The molecule has 4 aromatic rings. The number of hydrogen-bond acceptors (Lipinski definition) is 8. The van der Waals surface area contributed by atoms with Crippen LogP contribution in [0.25, 0.3) is 21.1 Å². The minimum atomic E-state index is -0.101. The van der Waals surface area contributed by atoms with Crippen LogP contribution in [-0.2, 0) is 19.6 Å². The molecule has 0 amide bonds. The smallest absolute Gasteiger partial charge is 0.151 e. The summed E-state index contributed by atoms with van der Waals surface area (Å²) in [6.07, 6.45) is 3.39. The largest absolute Gasteiger partial charge is 0.493 e. The monoisotopic (exact) mass is 384 g/mol. The van der Waals surface area contributed by atoms with Crippen molar-refractivity contribution in [3.8, 4) is 5.75 Å². The Kier molecular flexibility index (Phi) is 4.87. The normalized spacial score (nSPS) is 11.5. The van der Waals surface area contributed by atoms with Crippen LogP contribution < -0.4 is 10.5 Å². The Labute approximate surface area is 159 Å². The summed E-state index contributed by atoms with van der Waals surface area (Å²) in [7, 11) is 0. The molecule has 3 aromatic heterocycles. The van der Waals surface area contributed by atoms with Crippen molar-refractivity contribution in [3.63, 3.8) is 0 Å². The number of aliphatic hydroxyl groups excluding tert-OH is 1. The van der Waals surface area contributed by atoms with Gasteiger partial charge in [0.25, 0.3) is 0 Å². The van der Waals surface area contributed by atoms with Crippen molar-refractivity contribution in [2.24, 2.45) is 0 Å². The minimum Gasteiger partial charge on any atom is -0.493 e. The number of thiazole rings is 1. The summed E-state index contributed by atoms with van der Waals surface area (Å²) in [6, 6.07) is 5.88. The van der Waals surface area contributed by atoms with Gasteiger partial charge in [0.15, 0.2) is 5.82 Å². The number of benzene rings is 1. The number of nitrogen functional groups attached to an aromatic ring is 1. The van der Waals surface area contributed by atoms with Crippen LogP contribution in [0.1, 0.15) is 24.0 Å². The molecular formula is C18H20N6O2S. The van der Waals surface area contributed by atoms with Crippen LogP contribution in [0, 0.1) is 0 Å². The van der Waals surface area contributed by atoms with Crippen LogP contribution in [0.3, 0.4) is 0 Å². The lowest BCUT2D eigenvalue weighted by Gasteiger charge is -2.08. The average Bonchev–Trinajstić information content (AvgIpc) is 3.32. The van der Waals surface area contributed by atoms with E-state index in [9.17, 15) is 0 Å². The number of ether oxygens (including phenoxy) is 1. The van der Waals surface area contributed by atoms with Gasteiger partial charge in [-0.3, -0.25) is 4.68 Å². The first-order chi connectivity index (χ1) is 13.2. The number of nitrogens with zero attached hydrogens (tertiary/aromatic N) is 5. The Morgan fingerprint density at radius 1 is 1.30 bits per heavy atom. The third-order valence-corrected chi connectivity index (χ3v) is 5.45. The van der Waals surface area contributed by atoms with E-state index in [2.05, 4.69) is 27.2 Å². The van der Waals surface area contributed by atoms with Gasteiger partial charge in [-0.1, -0.05) is 12.1 Å². The van der Waals surface area contributed by atoms with E-state index in [0.717, 1.165) is 44.7 Å². The molecule has 0 radical (unpaired) electrons. The van der Waals surface area contributed by atoms with Gasteiger partial charge in [-0.2, -0.15) is 0 Å². The maximum Gasteiger partial charge on any atom is 0.151 e. The molecule has 0 bridgehead atoms. The third-order valence-electron chi connectivity index (χ3n) is 4.22. The fraction of sp³-hybridized carbons (Fsp3) is 0.333. The van der Waals surface area contributed by atoms with E-state index in [1.54, 1.807) is 22.2 Å². The number of aryl methyl sites for hydroxylation is 2. The van der Waals surface area contributed by atoms with E-state index in [-0.39, 0.29) is 6.61 Å². The van der Waals surface area contributed by atoms with E-state index < -0.39 is 0 Å². The fourth-order valence-electron chi connectivity index (χ4n) is 2.88. The molecule has 140 valence electrons. The predicted octanol–water partition coefficient (Wildman–Crippen LogP) is 2.54. The molecule has 4 rings (SSSR count). The lowest BCUT2D eigenvalue weighted by Crippen LogP contribution is -2.05. The summed E-state index contributed by atoms with van der Waals surface area (Å²) in [4.78, 5) is 9.07. The molecule has 3 heterocycles. The van der Waals surface area contributed by atoms with E-state index in [1.165, 1.54) is 0 Å². The van der Waals surface area contributed by atoms with Gasteiger partial charge in [-0.25, -0.2) is 9.97 Å². The van der Waals surface area contributed by atoms with Crippen LogP contribution in [-0.4, -0.2) is 36.7 Å². The zero-order valence-corrected chi connectivity index (χ0v) is 15.7. The van der Waals surface area contributed by atoms with Crippen molar-refractivity contribution in [1.29, 1.82) is 0 Å². The van der Waals surface area contributed by atoms with E-state index in [1.807, 2.05) is 18.2 Å². The van der Waals surface area contributed by atoms with E-state index in [4.69, 9.17) is 15.6 Å². The first-order valence-corrected chi connectivity index (χ1v) is 9.61. The molecule has 0 aliphatic carbocycles. The molecule has 27 heavy (non-hydrogen) atoms. The summed E-state index contributed by atoms with van der Waals surface area (Å²) >= 11 is 1.66. The van der Waals surface area contributed by atoms with Crippen molar-refractivity contribution in [2.45, 2.75) is 32.9 Å². The van der Waals surface area contributed by atoms with Crippen LogP contribution >= 0.6 is 11.3 Å². The van der Waals surface area contributed by atoms with Gasteiger partial charge in [-0.15, -0.1) is 16.4 Å². The van der Waals surface area contributed by atoms with E-state index >= 15 is 0 Å². The zero-order chi connectivity index (χ0) is 18.8. The summed E-state index contributed by atoms with van der Waals surface area (Å²) < 4.78 is 8.62. The maximum absolute atomic E-state index is 9.00. The highest BCUT2D eigenvalue weighted by molar-refractivity contribution is 7.19. The molecule has 1 aromatic carbocycles. The molecule has 0 saturated heterocycles. The molecule has 8 nitrogen and oxygen atoms in total. The van der Waals surface area contributed by atoms with Crippen molar-refractivity contribution in [1.82, 2.24) is 25.0 Å². The predicted molar refractivity (Wildman–Crippen MR) is 105 cm³/mol. The van der Waals surface area contributed by atoms with Gasteiger partial charge in [0, 0.05) is 24.4 Å². The van der Waals surface area contributed by atoms with Gasteiger partial charge in [0.2, 0.25) is 0 Å². The number of rotatable bonds is 7. The Morgan fingerprint density at radius 3 is 2.96 bits per heavy atom. The van der Waals surface area contributed by atoms with Crippen molar-refractivity contribution in [3.05, 3.63) is 35.1 Å². The minimum absolute atomic E-state index is 0.101. The Balaban J connectivity index is 1.47. The molecule has 0 unspecified atom stereocenters. The molecule has 9 heteroatoms. The lowest BCUT2D eigenvalue weighted by molar-refractivity contribution is 0.276. The van der Waals surface area contributed by atoms with Crippen LogP contribution in [0.15, 0.2) is 24.4 Å². The first-order valence-electron chi connectivity index (χ1n) is 8.79. The Morgan fingerprint density at radius 2 is 2.19 bits per heavy atom. The first kappa shape index (κ1) is 17.6. The van der Waals surface area contributed by atoms with E-state index in [0.29, 0.717) is 24.7 Å². The topological polar surface area (TPSA) is 112 Å². The van der Waals surface area contributed by atoms with Crippen LogP contribution in [0.2, 0.25) is 0 Å². The molecule has 0 atom stereocenters. The fourth-order valence-corrected chi connectivity index (χ4v) is 3.92. The highest BCUT2D eigenvalue weighted by atomic mass is 32.1. The lowest BCUT2D eigenvalue weighted by atomic mass is 10.2. The third kappa shape index (κ3) is 3.56. The average molecular weight is 384 g/mol. The Bertz CT molecular complexity index is 1090. The molecule has 0 spiro atoms. The number of nitrogens with two attached hydrogens (primary N) is 1. The van der Waals surface area contributed by atoms with Gasteiger partial charge < -0.3 is 15.6 Å². The molecule has 0 aliphatic heterocycles. The van der Waals surface area contributed by atoms with Gasteiger partial charge in [0.05, 0.1) is 34.6 Å². The second kappa shape index (κ2) is 7.45. The summed E-state index contributed by atoms with van der Waals surface area (Å²) in [6.45, 7) is 3.20. The zero-order valence-electron chi connectivity index (χ0n) is 14.9. The quantitative estimate of drug-likeness (QED) is 0.471. The highest BCUT2D eigenvalue weighted by Crippen LogP contribution is 2.34. The summed E-state index contributed by atoms with van der Waals surface area (Å²) in [5.41, 5.74) is 8.26. The van der Waals surface area contributed by atoms with Gasteiger partial charge in [-0.05, 0) is 18.6 Å². The molecule has 0 aliphatic rings. The van der Waals surface area contributed by atoms with Crippen LogP contribution in [0.4, 0.5) is 5.82 Å². The Hall–Kier alpha value is -2.78. The summed E-state index contributed by atoms with van der Waals surface area (Å²) in [5.74, 6) is 1.21. The maximum atomic E-state index is 9.00. The van der Waals surface area contributed by atoms with Crippen molar-refractivity contribution < 1.29 is 9.84 Å². The SMILES string of the molecule is CCc1nc2c(N)nc3cc(OCCCn4cc(CO)nn4)ccc3c2s1. The number of anilines is 1. The van der Waals surface area contributed by atoms with Crippen molar-refractivity contribution in [2.75, 3.05) is 12.3 Å². The highest BCUT2D eigenvalue weighted by Gasteiger charge is 2.12. The van der Waals surface area contributed by atoms with Crippen molar-refractivity contribution >= 4 is 38.3 Å². The second-order valence-corrected chi connectivity index (χ2v) is 7.23. The molecule has 0 fully saturated rings.